The van der Waals surface area contributed by atoms with Gasteiger partial charge in [0.2, 0.25) is 0 Å². The SMILES string of the molecule is Cc1cc(N2N=C(CC(C)C)CC2=O)nc(C)n1. The Hall–Kier alpha value is -1.78. The first-order valence-corrected chi connectivity index (χ1v) is 6.17. The molecule has 0 atom stereocenters. The molecule has 1 aromatic rings. The van der Waals surface area contributed by atoms with Crippen LogP contribution in [0.5, 0.6) is 0 Å². The predicted molar refractivity (Wildman–Crippen MR) is 70.5 cm³/mol. The van der Waals surface area contributed by atoms with Crippen molar-refractivity contribution in [1.82, 2.24) is 9.97 Å². The zero-order valence-electron chi connectivity index (χ0n) is 11.3. The van der Waals surface area contributed by atoms with Crippen molar-refractivity contribution >= 4 is 17.4 Å². The van der Waals surface area contributed by atoms with Gasteiger partial charge in [0.25, 0.3) is 5.91 Å². The molecule has 2 heterocycles. The number of rotatable bonds is 3. The van der Waals surface area contributed by atoms with Gasteiger partial charge < -0.3 is 0 Å². The van der Waals surface area contributed by atoms with E-state index in [9.17, 15) is 4.79 Å². The predicted octanol–water partition coefficient (Wildman–Crippen LogP) is 2.23. The van der Waals surface area contributed by atoms with Crippen LogP contribution in [0.25, 0.3) is 0 Å². The van der Waals surface area contributed by atoms with Crippen LogP contribution in [-0.2, 0) is 4.79 Å². The molecule has 2 rings (SSSR count). The maximum absolute atomic E-state index is 11.9. The second-order valence-electron chi connectivity index (χ2n) is 5.06. The third-order valence-corrected chi connectivity index (χ3v) is 2.65. The molecule has 0 radical (unpaired) electrons. The number of anilines is 1. The molecule has 1 aliphatic rings. The summed E-state index contributed by atoms with van der Waals surface area (Å²) in [4.78, 5) is 20.4. The van der Waals surface area contributed by atoms with E-state index >= 15 is 0 Å². The first-order chi connectivity index (χ1) is 8.45. The van der Waals surface area contributed by atoms with Gasteiger partial charge in [-0.05, 0) is 26.2 Å². The van der Waals surface area contributed by atoms with Gasteiger partial charge in [0, 0.05) is 17.5 Å². The molecule has 0 bridgehead atoms. The highest BCUT2D eigenvalue weighted by Crippen LogP contribution is 2.21. The fraction of sp³-hybridized carbons (Fsp3) is 0.538. The number of aryl methyl sites for hydroxylation is 2. The number of aromatic nitrogens is 2. The molecule has 1 aliphatic heterocycles. The summed E-state index contributed by atoms with van der Waals surface area (Å²) in [7, 11) is 0. The van der Waals surface area contributed by atoms with E-state index in [-0.39, 0.29) is 5.91 Å². The number of carbonyl (C=O) groups is 1. The highest BCUT2D eigenvalue weighted by Gasteiger charge is 2.26. The lowest BCUT2D eigenvalue weighted by atomic mass is 10.1. The van der Waals surface area contributed by atoms with Crippen molar-refractivity contribution in [2.75, 3.05) is 5.01 Å². The topological polar surface area (TPSA) is 58.5 Å². The normalized spacial score (nSPS) is 15.5. The van der Waals surface area contributed by atoms with Gasteiger partial charge in [-0.2, -0.15) is 10.1 Å². The van der Waals surface area contributed by atoms with Crippen LogP contribution in [0.2, 0.25) is 0 Å². The Bertz CT molecular complexity index is 487. The Balaban J connectivity index is 2.27. The summed E-state index contributed by atoms with van der Waals surface area (Å²) in [6.45, 7) is 7.94. The summed E-state index contributed by atoms with van der Waals surface area (Å²) < 4.78 is 0. The van der Waals surface area contributed by atoms with E-state index in [4.69, 9.17) is 0 Å². The van der Waals surface area contributed by atoms with Gasteiger partial charge in [0.15, 0.2) is 5.82 Å². The molecular weight excluding hydrogens is 228 g/mol. The second kappa shape index (κ2) is 4.84. The zero-order chi connectivity index (χ0) is 13.3. The summed E-state index contributed by atoms with van der Waals surface area (Å²) in [5, 5.41) is 5.77. The molecule has 0 unspecified atom stereocenters. The Kier molecular flexibility index (Phi) is 3.41. The van der Waals surface area contributed by atoms with Crippen LogP contribution in [0.1, 0.15) is 38.2 Å². The maximum Gasteiger partial charge on any atom is 0.254 e. The van der Waals surface area contributed by atoms with Crippen LogP contribution in [0.15, 0.2) is 11.2 Å². The highest BCUT2D eigenvalue weighted by molar-refractivity contribution is 6.12. The molecule has 96 valence electrons. The molecule has 0 aromatic carbocycles. The molecule has 1 aromatic heterocycles. The van der Waals surface area contributed by atoms with Gasteiger partial charge in [-0.15, -0.1) is 0 Å². The van der Waals surface area contributed by atoms with Crippen molar-refractivity contribution in [2.24, 2.45) is 11.0 Å². The number of hydrogen-bond acceptors (Lipinski definition) is 4. The minimum absolute atomic E-state index is 0.0110. The van der Waals surface area contributed by atoms with Gasteiger partial charge in [-0.25, -0.2) is 9.97 Å². The number of hydrogen-bond donors (Lipinski definition) is 0. The maximum atomic E-state index is 11.9. The average molecular weight is 246 g/mol. The van der Waals surface area contributed by atoms with Crippen molar-refractivity contribution < 1.29 is 4.79 Å². The van der Waals surface area contributed by atoms with E-state index in [1.165, 1.54) is 5.01 Å². The van der Waals surface area contributed by atoms with Crippen LogP contribution < -0.4 is 5.01 Å². The summed E-state index contributed by atoms with van der Waals surface area (Å²) >= 11 is 0. The minimum Gasteiger partial charge on any atom is -0.272 e. The van der Waals surface area contributed by atoms with Crippen molar-refractivity contribution in [1.29, 1.82) is 0 Å². The van der Waals surface area contributed by atoms with Gasteiger partial charge in [-0.1, -0.05) is 13.8 Å². The lowest BCUT2D eigenvalue weighted by molar-refractivity contribution is -0.116. The van der Waals surface area contributed by atoms with Crippen molar-refractivity contribution in [2.45, 2.75) is 40.5 Å². The van der Waals surface area contributed by atoms with E-state index in [1.54, 1.807) is 6.07 Å². The third-order valence-electron chi connectivity index (χ3n) is 2.65. The standard InChI is InChI=1S/C13H18N4O/c1-8(2)5-11-7-13(18)17(16-11)12-6-9(3)14-10(4)15-12/h6,8H,5,7H2,1-4H3. The first-order valence-electron chi connectivity index (χ1n) is 6.17. The largest absolute Gasteiger partial charge is 0.272 e. The van der Waals surface area contributed by atoms with E-state index in [0.717, 1.165) is 17.8 Å². The number of amides is 1. The van der Waals surface area contributed by atoms with Crippen molar-refractivity contribution in [3.63, 3.8) is 0 Å². The Labute approximate surface area is 107 Å². The Morgan fingerprint density at radius 3 is 2.67 bits per heavy atom. The summed E-state index contributed by atoms with van der Waals surface area (Å²) in [5.41, 5.74) is 1.78. The van der Waals surface area contributed by atoms with Crippen LogP contribution in [0.3, 0.4) is 0 Å². The number of nitrogens with zero attached hydrogens (tertiary/aromatic N) is 4. The van der Waals surface area contributed by atoms with E-state index in [0.29, 0.717) is 24.0 Å². The molecule has 5 heteroatoms. The lowest BCUT2D eigenvalue weighted by Crippen LogP contribution is -2.21. The third kappa shape index (κ3) is 2.72. The van der Waals surface area contributed by atoms with E-state index in [1.807, 2.05) is 13.8 Å². The van der Waals surface area contributed by atoms with Crippen molar-refractivity contribution in [3.05, 3.63) is 17.6 Å². The van der Waals surface area contributed by atoms with Gasteiger partial charge in [0.1, 0.15) is 5.82 Å². The summed E-state index contributed by atoms with van der Waals surface area (Å²) in [6.07, 6.45) is 1.26. The summed E-state index contributed by atoms with van der Waals surface area (Å²) in [5.74, 6) is 1.72. The molecule has 0 N–H and O–H groups in total. The van der Waals surface area contributed by atoms with Crippen LogP contribution in [-0.4, -0.2) is 21.6 Å². The molecule has 0 aliphatic carbocycles. The van der Waals surface area contributed by atoms with Crippen LogP contribution in [0.4, 0.5) is 5.82 Å². The number of carbonyl (C=O) groups excluding carboxylic acids is 1. The molecule has 0 saturated carbocycles. The van der Waals surface area contributed by atoms with E-state index in [2.05, 4.69) is 28.9 Å². The van der Waals surface area contributed by atoms with Gasteiger partial charge in [-0.3, -0.25) is 4.79 Å². The minimum atomic E-state index is -0.0110. The van der Waals surface area contributed by atoms with E-state index < -0.39 is 0 Å². The fourth-order valence-corrected chi connectivity index (χ4v) is 2.05. The molecular formula is C13H18N4O. The molecule has 0 fully saturated rings. The van der Waals surface area contributed by atoms with Crippen LogP contribution >= 0.6 is 0 Å². The Morgan fingerprint density at radius 1 is 1.33 bits per heavy atom. The fourth-order valence-electron chi connectivity index (χ4n) is 2.05. The lowest BCUT2D eigenvalue weighted by Gasteiger charge is -2.11. The first kappa shape index (κ1) is 12.7. The summed E-state index contributed by atoms with van der Waals surface area (Å²) in [6, 6.07) is 1.78. The Morgan fingerprint density at radius 2 is 2.06 bits per heavy atom. The number of hydrazone groups is 1. The van der Waals surface area contributed by atoms with Crippen LogP contribution in [0, 0.1) is 19.8 Å². The van der Waals surface area contributed by atoms with Gasteiger partial charge >= 0.3 is 0 Å². The second-order valence-corrected chi connectivity index (χ2v) is 5.06. The monoisotopic (exact) mass is 246 g/mol. The smallest absolute Gasteiger partial charge is 0.254 e. The quantitative estimate of drug-likeness (QED) is 0.821. The average Bonchev–Trinajstić information content (AvgIpc) is 2.56. The highest BCUT2D eigenvalue weighted by atomic mass is 16.2. The molecule has 1 amide bonds. The zero-order valence-corrected chi connectivity index (χ0v) is 11.3. The molecule has 5 nitrogen and oxygen atoms in total. The van der Waals surface area contributed by atoms with Gasteiger partial charge in [0.05, 0.1) is 6.42 Å². The van der Waals surface area contributed by atoms with Crippen molar-refractivity contribution in [3.8, 4) is 0 Å². The molecule has 18 heavy (non-hydrogen) atoms. The molecule has 0 saturated heterocycles. The molecule has 0 spiro atoms.